The minimum absolute atomic E-state index is 0.0244. The molecule has 0 spiro atoms. The van der Waals surface area contributed by atoms with Crippen LogP contribution < -0.4 is 10.8 Å². The number of hydrogen-bond donors (Lipinski definition) is 3. The molecule has 0 bridgehead atoms. The molecule has 1 fully saturated rings. The van der Waals surface area contributed by atoms with Gasteiger partial charge in [-0.15, -0.1) is 0 Å². The van der Waals surface area contributed by atoms with E-state index in [9.17, 15) is 9.59 Å². The van der Waals surface area contributed by atoms with Gasteiger partial charge in [0, 0.05) is 12.5 Å². The molecular weight excluding hydrogens is 268 g/mol. The number of hydrogen-bond acceptors (Lipinski definition) is 3. The van der Waals surface area contributed by atoms with Crippen molar-refractivity contribution in [2.75, 3.05) is 6.54 Å². The lowest BCUT2D eigenvalue weighted by Gasteiger charge is -2.17. The fourth-order valence-corrected chi connectivity index (χ4v) is 2.80. The molecule has 1 saturated carbocycles. The Kier molecular flexibility index (Phi) is 5.75. The van der Waals surface area contributed by atoms with Crippen molar-refractivity contribution in [1.82, 2.24) is 10.8 Å². The molecule has 2 amide bonds. The standard InChI is InChI=1S/C16H22N2O3/c19-15(13-8-4-5-9-13)17-11-14(16(20)18-21)10-12-6-2-1-3-7-12/h1-3,6-7,13-14,21H,4-5,8-11H2,(H,17,19)(H,18,20). The van der Waals surface area contributed by atoms with E-state index in [1.165, 1.54) is 0 Å². The van der Waals surface area contributed by atoms with Gasteiger partial charge in [0.1, 0.15) is 0 Å². The van der Waals surface area contributed by atoms with Crippen LogP contribution in [-0.2, 0) is 16.0 Å². The molecule has 0 saturated heterocycles. The highest BCUT2D eigenvalue weighted by atomic mass is 16.5. The lowest BCUT2D eigenvalue weighted by atomic mass is 9.98. The van der Waals surface area contributed by atoms with Crippen molar-refractivity contribution in [1.29, 1.82) is 0 Å². The summed E-state index contributed by atoms with van der Waals surface area (Å²) in [6, 6.07) is 9.57. The highest BCUT2D eigenvalue weighted by Gasteiger charge is 2.25. The molecule has 0 aromatic heterocycles. The molecule has 0 heterocycles. The Labute approximate surface area is 124 Å². The zero-order chi connectivity index (χ0) is 15.1. The van der Waals surface area contributed by atoms with Gasteiger partial charge < -0.3 is 5.32 Å². The second-order valence-corrected chi connectivity index (χ2v) is 5.59. The van der Waals surface area contributed by atoms with E-state index < -0.39 is 11.8 Å². The predicted octanol–water partition coefficient (Wildman–Crippen LogP) is 1.66. The molecule has 1 aliphatic carbocycles. The Balaban J connectivity index is 1.90. The van der Waals surface area contributed by atoms with Gasteiger partial charge in [-0.1, -0.05) is 43.2 Å². The average Bonchev–Trinajstić information content (AvgIpc) is 3.05. The van der Waals surface area contributed by atoms with Crippen molar-refractivity contribution in [2.24, 2.45) is 11.8 Å². The monoisotopic (exact) mass is 290 g/mol. The van der Waals surface area contributed by atoms with Crippen molar-refractivity contribution < 1.29 is 14.8 Å². The van der Waals surface area contributed by atoms with Crippen molar-refractivity contribution >= 4 is 11.8 Å². The first-order valence-corrected chi connectivity index (χ1v) is 7.46. The maximum Gasteiger partial charge on any atom is 0.248 e. The normalized spacial score (nSPS) is 16.4. The van der Waals surface area contributed by atoms with Crippen LogP contribution in [0, 0.1) is 11.8 Å². The lowest BCUT2D eigenvalue weighted by molar-refractivity contribution is -0.133. The van der Waals surface area contributed by atoms with Crippen LogP contribution in [0.4, 0.5) is 0 Å². The molecule has 1 aromatic carbocycles. The van der Waals surface area contributed by atoms with Crippen molar-refractivity contribution in [2.45, 2.75) is 32.1 Å². The van der Waals surface area contributed by atoms with Crippen molar-refractivity contribution in [3.05, 3.63) is 35.9 Å². The number of hydroxylamine groups is 1. The van der Waals surface area contributed by atoms with Crippen molar-refractivity contribution in [3.8, 4) is 0 Å². The fraction of sp³-hybridized carbons (Fsp3) is 0.500. The summed E-state index contributed by atoms with van der Waals surface area (Å²) in [5.41, 5.74) is 2.69. The molecule has 5 heteroatoms. The molecular formula is C16H22N2O3. The summed E-state index contributed by atoms with van der Waals surface area (Å²) in [4.78, 5) is 23.7. The first kappa shape index (κ1) is 15.5. The molecule has 0 radical (unpaired) electrons. The minimum atomic E-state index is -0.470. The van der Waals surface area contributed by atoms with Crippen LogP contribution in [-0.4, -0.2) is 23.6 Å². The molecule has 1 atom stereocenters. The van der Waals surface area contributed by atoms with E-state index in [-0.39, 0.29) is 18.4 Å². The highest BCUT2D eigenvalue weighted by Crippen LogP contribution is 2.24. The average molecular weight is 290 g/mol. The van der Waals surface area contributed by atoms with E-state index in [1.54, 1.807) is 5.48 Å². The van der Waals surface area contributed by atoms with E-state index in [1.807, 2.05) is 30.3 Å². The maximum atomic E-state index is 12.0. The third kappa shape index (κ3) is 4.56. The second-order valence-electron chi connectivity index (χ2n) is 5.59. The number of amides is 2. The van der Waals surface area contributed by atoms with Gasteiger partial charge in [0.05, 0.1) is 5.92 Å². The largest absolute Gasteiger partial charge is 0.355 e. The Morgan fingerprint density at radius 1 is 1.19 bits per heavy atom. The number of carbonyl (C=O) groups excluding carboxylic acids is 2. The van der Waals surface area contributed by atoms with Crippen LogP contribution >= 0.6 is 0 Å². The maximum absolute atomic E-state index is 12.0. The quantitative estimate of drug-likeness (QED) is 0.551. The Bertz CT molecular complexity index is 470. The number of carbonyl (C=O) groups is 2. The van der Waals surface area contributed by atoms with Crippen LogP contribution in [0.3, 0.4) is 0 Å². The van der Waals surface area contributed by atoms with Gasteiger partial charge in [-0.2, -0.15) is 0 Å². The third-order valence-electron chi connectivity index (χ3n) is 4.05. The van der Waals surface area contributed by atoms with Crippen LogP contribution in [0.2, 0.25) is 0 Å². The van der Waals surface area contributed by atoms with Gasteiger partial charge in [0.2, 0.25) is 11.8 Å². The Morgan fingerprint density at radius 3 is 2.48 bits per heavy atom. The number of rotatable bonds is 6. The summed E-state index contributed by atoms with van der Waals surface area (Å²) < 4.78 is 0. The van der Waals surface area contributed by atoms with Gasteiger partial charge in [-0.25, -0.2) is 5.48 Å². The van der Waals surface area contributed by atoms with Crippen LogP contribution in [0.25, 0.3) is 0 Å². The number of nitrogens with one attached hydrogen (secondary N) is 2. The SMILES string of the molecule is O=C(NO)C(CNC(=O)C1CCCC1)Cc1ccccc1. The van der Waals surface area contributed by atoms with E-state index in [0.717, 1.165) is 31.2 Å². The van der Waals surface area contributed by atoms with Gasteiger partial charge in [-0.05, 0) is 24.8 Å². The Morgan fingerprint density at radius 2 is 1.86 bits per heavy atom. The number of benzene rings is 1. The first-order chi connectivity index (χ1) is 10.2. The molecule has 1 aromatic rings. The summed E-state index contributed by atoms with van der Waals surface area (Å²) in [5, 5.41) is 11.7. The molecule has 1 unspecified atom stereocenters. The van der Waals surface area contributed by atoms with Gasteiger partial charge in [-0.3, -0.25) is 14.8 Å². The van der Waals surface area contributed by atoms with E-state index in [4.69, 9.17) is 5.21 Å². The topological polar surface area (TPSA) is 78.4 Å². The van der Waals surface area contributed by atoms with Gasteiger partial charge in [0.25, 0.3) is 0 Å². The lowest BCUT2D eigenvalue weighted by Crippen LogP contribution is -2.40. The second kappa shape index (κ2) is 7.78. The van der Waals surface area contributed by atoms with E-state index in [2.05, 4.69) is 5.32 Å². The van der Waals surface area contributed by atoms with Gasteiger partial charge in [0.15, 0.2) is 0 Å². The molecule has 3 N–H and O–H groups in total. The molecule has 0 aliphatic heterocycles. The first-order valence-electron chi connectivity index (χ1n) is 7.46. The summed E-state index contributed by atoms with van der Waals surface area (Å²) >= 11 is 0. The summed E-state index contributed by atoms with van der Waals surface area (Å²) in [6.45, 7) is 0.247. The zero-order valence-electron chi connectivity index (χ0n) is 12.0. The van der Waals surface area contributed by atoms with Gasteiger partial charge >= 0.3 is 0 Å². The molecule has 2 rings (SSSR count). The molecule has 1 aliphatic rings. The van der Waals surface area contributed by atoms with E-state index in [0.29, 0.717) is 6.42 Å². The summed E-state index contributed by atoms with van der Waals surface area (Å²) in [5.74, 6) is -0.829. The van der Waals surface area contributed by atoms with Crippen LogP contribution in [0.1, 0.15) is 31.2 Å². The third-order valence-corrected chi connectivity index (χ3v) is 4.05. The zero-order valence-corrected chi connectivity index (χ0v) is 12.0. The minimum Gasteiger partial charge on any atom is -0.355 e. The summed E-state index contributed by atoms with van der Waals surface area (Å²) in [6.07, 6.45) is 4.55. The van der Waals surface area contributed by atoms with Crippen molar-refractivity contribution in [3.63, 3.8) is 0 Å². The predicted molar refractivity (Wildman–Crippen MR) is 78.5 cm³/mol. The smallest absolute Gasteiger partial charge is 0.248 e. The van der Waals surface area contributed by atoms with Crippen LogP contribution in [0.15, 0.2) is 30.3 Å². The highest BCUT2D eigenvalue weighted by molar-refractivity contribution is 5.81. The fourth-order valence-electron chi connectivity index (χ4n) is 2.80. The summed E-state index contributed by atoms with van der Waals surface area (Å²) in [7, 11) is 0. The molecule has 114 valence electrons. The Hall–Kier alpha value is -1.88. The molecule has 5 nitrogen and oxygen atoms in total. The van der Waals surface area contributed by atoms with Crippen LogP contribution in [0.5, 0.6) is 0 Å². The van der Waals surface area contributed by atoms with E-state index >= 15 is 0 Å². The molecule has 21 heavy (non-hydrogen) atoms.